The number of aryl methyl sites for hydroxylation is 1. The molecular weight excluding hydrogens is 251 g/mol. The summed E-state index contributed by atoms with van der Waals surface area (Å²) in [7, 11) is -1.30. The van der Waals surface area contributed by atoms with Gasteiger partial charge in [0.25, 0.3) is 0 Å². The van der Waals surface area contributed by atoms with Crippen molar-refractivity contribution in [2.75, 3.05) is 5.73 Å². The number of rotatable bonds is 3. The van der Waals surface area contributed by atoms with E-state index in [1.807, 2.05) is 19.1 Å². The van der Waals surface area contributed by atoms with Crippen molar-refractivity contribution in [2.45, 2.75) is 17.6 Å². The van der Waals surface area contributed by atoms with E-state index < -0.39 is 16.6 Å². The van der Waals surface area contributed by atoms with Crippen molar-refractivity contribution in [3.05, 3.63) is 53.6 Å². The molecule has 0 aliphatic carbocycles. The second-order valence-electron chi connectivity index (χ2n) is 3.99. The first-order chi connectivity index (χ1) is 8.58. The van der Waals surface area contributed by atoms with Crippen molar-refractivity contribution in [1.82, 2.24) is 4.98 Å². The molecule has 0 amide bonds. The highest BCUT2D eigenvalue weighted by molar-refractivity contribution is 7.84. The first-order valence-corrected chi connectivity index (χ1v) is 6.72. The smallest absolute Gasteiger partial charge is 0.141 e. The summed E-state index contributed by atoms with van der Waals surface area (Å²) in [6.07, 6.45) is 2.63. The SMILES string of the molecule is Cc1cccc(S(=O)Cc2cncc(F)c2)c1N. The molecule has 0 radical (unpaired) electrons. The number of halogens is 1. The Bertz CT molecular complexity index is 601. The van der Waals surface area contributed by atoms with Gasteiger partial charge in [0.1, 0.15) is 5.82 Å². The van der Waals surface area contributed by atoms with Gasteiger partial charge in [-0.25, -0.2) is 4.39 Å². The average Bonchev–Trinajstić information content (AvgIpc) is 2.32. The maximum Gasteiger partial charge on any atom is 0.141 e. The van der Waals surface area contributed by atoms with E-state index in [9.17, 15) is 8.60 Å². The van der Waals surface area contributed by atoms with Crippen LogP contribution in [-0.4, -0.2) is 9.19 Å². The second kappa shape index (κ2) is 5.27. The van der Waals surface area contributed by atoms with E-state index in [-0.39, 0.29) is 5.75 Å². The van der Waals surface area contributed by atoms with Gasteiger partial charge in [0.2, 0.25) is 0 Å². The molecule has 5 heteroatoms. The van der Waals surface area contributed by atoms with Crippen LogP contribution in [0.5, 0.6) is 0 Å². The fourth-order valence-corrected chi connectivity index (χ4v) is 2.87. The molecule has 0 spiro atoms. The number of nitrogen functional groups attached to an aromatic ring is 1. The predicted octanol–water partition coefficient (Wildman–Crippen LogP) is 2.42. The molecule has 2 N–H and O–H groups in total. The molecule has 0 aliphatic rings. The van der Waals surface area contributed by atoms with E-state index in [4.69, 9.17) is 5.73 Å². The van der Waals surface area contributed by atoms with Crippen molar-refractivity contribution in [3.8, 4) is 0 Å². The summed E-state index contributed by atoms with van der Waals surface area (Å²) in [6, 6.07) is 6.73. The van der Waals surface area contributed by atoms with Gasteiger partial charge < -0.3 is 5.73 Å². The summed E-state index contributed by atoms with van der Waals surface area (Å²) in [5.74, 6) is -0.222. The lowest BCUT2D eigenvalue weighted by atomic mass is 10.2. The Morgan fingerprint density at radius 1 is 1.39 bits per heavy atom. The topological polar surface area (TPSA) is 56.0 Å². The largest absolute Gasteiger partial charge is 0.398 e. The highest BCUT2D eigenvalue weighted by Crippen LogP contribution is 2.22. The van der Waals surface area contributed by atoms with Crippen LogP contribution in [0.2, 0.25) is 0 Å². The number of pyridine rings is 1. The minimum absolute atomic E-state index is 0.207. The maximum absolute atomic E-state index is 13.0. The summed E-state index contributed by atoms with van der Waals surface area (Å²) in [6.45, 7) is 1.86. The number of hydrogen-bond acceptors (Lipinski definition) is 3. The molecule has 1 heterocycles. The average molecular weight is 264 g/mol. The Balaban J connectivity index is 2.25. The number of nitrogens with zero attached hydrogens (tertiary/aromatic N) is 1. The summed E-state index contributed by atoms with van der Waals surface area (Å²) in [4.78, 5) is 4.31. The Hall–Kier alpha value is -1.75. The molecule has 1 aromatic heterocycles. The maximum atomic E-state index is 13.0. The fraction of sp³-hybridized carbons (Fsp3) is 0.154. The van der Waals surface area contributed by atoms with Crippen LogP contribution in [0, 0.1) is 12.7 Å². The molecule has 3 nitrogen and oxygen atoms in total. The zero-order valence-electron chi connectivity index (χ0n) is 9.89. The quantitative estimate of drug-likeness (QED) is 0.866. The van der Waals surface area contributed by atoms with E-state index >= 15 is 0 Å². The number of benzene rings is 1. The lowest BCUT2D eigenvalue weighted by Gasteiger charge is -2.08. The van der Waals surface area contributed by atoms with Crippen LogP contribution in [0.15, 0.2) is 41.6 Å². The number of nitrogens with two attached hydrogens (primary N) is 1. The molecule has 1 unspecified atom stereocenters. The van der Waals surface area contributed by atoms with Gasteiger partial charge in [0.15, 0.2) is 0 Å². The molecule has 2 aromatic rings. The van der Waals surface area contributed by atoms with E-state index in [0.717, 1.165) is 11.8 Å². The summed E-state index contributed by atoms with van der Waals surface area (Å²) in [5.41, 5.74) is 7.89. The van der Waals surface area contributed by atoms with Crippen LogP contribution < -0.4 is 5.73 Å². The van der Waals surface area contributed by atoms with Gasteiger partial charge in [-0.3, -0.25) is 9.19 Å². The first-order valence-electron chi connectivity index (χ1n) is 5.41. The van der Waals surface area contributed by atoms with Gasteiger partial charge >= 0.3 is 0 Å². The number of hydrogen-bond donors (Lipinski definition) is 1. The number of para-hydroxylation sites is 1. The summed E-state index contributed by atoms with van der Waals surface area (Å²) >= 11 is 0. The molecule has 0 aliphatic heterocycles. The second-order valence-corrected chi connectivity index (χ2v) is 5.41. The molecule has 0 bridgehead atoms. The third-order valence-electron chi connectivity index (χ3n) is 2.59. The van der Waals surface area contributed by atoms with Crippen molar-refractivity contribution >= 4 is 16.5 Å². The third kappa shape index (κ3) is 2.73. The first kappa shape index (κ1) is 12.7. The summed E-state index contributed by atoms with van der Waals surface area (Å²) < 4.78 is 25.2. The lowest BCUT2D eigenvalue weighted by molar-refractivity contribution is 0.619. The van der Waals surface area contributed by atoms with Crippen LogP contribution >= 0.6 is 0 Å². The minimum Gasteiger partial charge on any atom is -0.398 e. The predicted molar refractivity (Wildman–Crippen MR) is 69.9 cm³/mol. The molecule has 0 saturated carbocycles. The molecule has 2 rings (SSSR count). The van der Waals surface area contributed by atoms with E-state index in [1.165, 1.54) is 12.3 Å². The molecule has 0 fully saturated rings. The van der Waals surface area contributed by atoms with Gasteiger partial charge in [-0.2, -0.15) is 0 Å². The van der Waals surface area contributed by atoms with Crippen LogP contribution in [0.4, 0.5) is 10.1 Å². The van der Waals surface area contributed by atoms with Crippen molar-refractivity contribution in [3.63, 3.8) is 0 Å². The lowest BCUT2D eigenvalue weighted by Crippen LogP contribution is -2.03. The number of anilines is 1. The number of aromatic nitrogens is 1. The minimum atomic E-state index is -1.30. The van der Waals surface area contributed by atoms with Gasteiger partial charge in [-0.05, 0) is 30.2 Å². The fourth-order valence-electron chi connectivity index (χ4n) is 1.62. The van der Waals surface area contributed by atoms with Crippen molar-refractivity contribution in [1.29, 1.82) is 0 Å². The Labute approximate surface area is 107 Å². The van der Waals surface area contributed by atoms with Gasteiger partial charge in [-0.1, -0.05) is 12.1 Å². The van der Waals surface area contributed by atoms with Crippen LogP contribution in [0.3, 0.4) is 0 Å². The van der Waals surface area contributed by atoms with E-state index in [1.54, 1.807) is 6.07 Å². The molecule has 1 atom stereocenters. The van der Waals surface area contributed by atoms with Crippen LogP contribution in [-0.2, 0) is 16.6 Å². The Kier molecular flexibility index (Phi) is 3.72. The van der Waals surface area contributed by atoms with Crippen LogP contribution in [0.1, 0.15) is 11.1 Å². The highest BCUT2D eigenvalue weighted by atomic mass is 32.2. The Morgan fingerprint density at radius 3 is 2.89 bits per heavy atom. The van der Waals surface area contributed by atoms with Gasteiger partial charge in [0, 0.05) is 6.20 Å². The molecule has 0 saturated heterocycles. The van der Waals surface area contributed by atoms with E-state index in [2.05, 4.69) is 4.98 Å². The van der Waals surface area contributed by atoms with Crippen LogP contribution in [0.25, 0.3) is 0 Å². The molecule has 1 aromatic carbocycles. The Morgan fingerprint density at radius 2 is 2.17 bits per heavy atom. The standard InChI is InChI=1S/C13H13FN2OS/c1-9-3-2-4-12(13(9)15)18(17)8-10-5-11(14)7-16-6-10/h2-7H,8,15H2,1H3. The molecule has 18 heavy (non-hydrogen) atoms. The van der Waals surface area contributed by atoms with E-state index in [0.29, 0.717) is 16.1 Å². The molecule has 94 valence electrons. The highest BCUT2D eigenvalue weighted by Gasteiger charge is 2.10. The van der Waals surface area contributed by atoms with Gasteiger partial charge in [0.05, 0.1) is 33.3 Å². The zero-order valence-corrected chi connectivity index (χ0v) is 10.7. The van der Waals surface area contributed by atoms with Gasteiger partial charge in [-0.15, -0.1) is 0 Å². The monoisotopic (exact) mass is 264 g/mol. The van der Waals surface area contributed by atoms with Crippen molar-refractivity contribution in [2.24, 2.45) is 0 Å². The van der Waals surface area contributed by atoms with Crippen molar-refractivity contribution < 1.29 is 8.60 Å². The normalized spacial score (nSPS) is 12.3. The summed E-state index contributed by atoms with van der Waals surface area (Å²) in [5, 5.41) is 0. The zero-order chi connectivity index (χ0) is 13.1. The third-order valence-corrected chi connectivity index (χ3v) is 4.03. The molecular formula is C13H13FN2OS.